The summed E-state index contributed by atoms with van der Waals surface area (Å²) in [5, 5.41) is 32.9. The van der Waals surface area contributed by atoms with Crippen LogP contribution < -0.4 is 0 Å². The Morgan fingerprint density at radius 2 is 2.00 bits per heavy atom. The standard InChI is InChI=1S/C11H19N3O4/c1-3-7-12-11(13-14(7)4-2)10-9(17)8(16)6(5-15)18-10/h6,8-10,15-17H,3-5H2,1-2H3/t6-,8-,9-,10-/m1/s1. The van der Waals surface area contributed by atoms with Gasteiger partial charge in [0.05, 0.1) is 6.61 Å². The average molecular weight is 257 g/mol. The Morgan fingerprint density at radius 1 is 1.28 bits per heavy atom. The molecule has 18 heavy (non-hydrogen) atoms. The lowest BCUT2D eigenvalue weighted by atomic mass is 10.1. The van der Waals surface area contributed by atoms with Crippen molar-refractivity contribution in [1.82, 2.24) is 14.8 Å². The summed E-state index contributed by atoms with van der Waals surface area (Å²) in [5.41, 5.74) is 0. The molecule has 2 heterocycles. The predicted octanol–water partition coefficient (Wildman–Crippen LogP) is -0.986. The first kappa shape index (κ1) is 13.4. The summed E-state index contributed by atoms with van der Waals surface area (Å²) in [6.45, 7) is 4.26. The Labute approximate surface area is 105 Å². The van der Waals surface area contributed by atoms with Gasteiger partial charge in [0.15, 0.2) is 5.82 Å². The Bertz CT molecular complexity index is 387. The Morgan fingerprint density at radius 3 is 2.44 bits per heavy atom. The van der Waals surface area contributed by atoms with Crippen molar-refractivity contribution >= 4 is 0 Å². The van der Waals surface area contributed by atoms with Crippen molar-refractivity contribution in [2.75, 3.05) is 6.61 Å². The van der Waals surface area contributed by atoms with Gasteiger partial charge in [0, 0.05) is 13.0 Å². The maximum Gasteiger partial charge on any atom is 0.182 e. The minimum atomic E-state index is -1.11. The minimum Gasteiger partial charge on any atom is -0.394 e. The van der Waals surface area contributed by atoms with Gasteiger partial charge in [-0.3, -0.25) is 4.68 Å². The van der Waals surface area contributed by atoms with Crippen LogP contribution in [0.4, 0.5) is 0 Å². The number of ether oxygens (including phenoxy) is 1. The molecule has 1 aromatic rings. The predicted molar refractivity (Wildman–Crippen MR) is 61.8 cm³/mol. The van der Waals surface area contributed by atoms with Crippen LogP contribution in [0.3, 0.4) is 0 Å². The van der Waals surface area contributed by atoms with E-state index in [2.05, 4.69) is 10.1 Å². The third-order valence-corrected chi connectivity index (χ3v) is 3.18. The van der Waals surface area contributed by atoms with E-state index in [0.29, 0.717) is 12.4 Å². The van der Waals surface area contributed by atoms with Gasteiger partial charge in [0.25, 0.3) is 0 Å². The lowest BCUT2D eigenvalue weighted by Crippen LogP contribution is -2.32. The molecule has 1 aliphatic rings. The summed E-state index contributed by atoms with van der Waals surface area (Å²) in [6, 6.07) is 0. The molecule has 0 aromatic carbocycles. The lowest BCUT2D eigenvalue weighted by molar-refractivity contribution is -0.0253. The van der Waals surface area contributed by atoms with E-state index in [1.54, 1.807) is 4.68 Å². The average Bonchev–Trinajstić information content (AvgIpc) is 2.92. The molecule has 0 radical (unpaired) electrons. The summed E-state index contributed by atoms with van der Waals surface area (Å²) < 4.78 is 7.13. The molecule has 0 bridgehead atoms. The largest absolute Gasteiger partial charge is 0.394 e. The summed E-state index contributed by atoms with van der Waals surface area (Å²) in [5.74, 6) is 1.17. The zero-order valence-corrected chi connectivity index (χ0v) is 10.5. The molecule has 0 amide bonds. The topological polar surface area (TPSA) is 101 Å². The SMILES string of the molecule is CCc1nc([C@@H]2O[C@H](CO)[C@@H](O)[C@H]2O)nn1CC. The van der Waals surface area contributed by atoms with E-state index in [0.717, 1.165) is 12.2 Å². The third-order valence-electron chi connectivity index (χ3n) is 3.18. The first-order valence-corrected chi connectivity index (χ1v) is 6.18. The van der Waals surface area contributed by atoms with E-state index in [-0.39, 0.29) is 6.61 Å². The lowest BCUT2D eigenvalue weighted by Gasteiger charge is -2.10. The van der Waals surface area contributed by atoms with E-state index >= 15 is 0 Å². The fourth-order valence-corrected chi connectivity index (χ4v) is 2.14. The Kier molecular flexibility index (Phi) is 3.96. The molecule has 1 saturated heterocycles. The molecule has 0 spiro atoms. The molecular weight excluding hydrogens is 238 g/mol. The molecule has 1 aliphatic heterocycles. The van der Waals surface area contributed by atoms with Crippen LogP contribution in [0.1, 0.15) is 31.6 Å². The van der Waals surface area contributed by atoms with Crippen molar-refractivity contribution in [3.8, 4) is 0 Å². The molecule has 7 nitrogen and oxygen atoms in total. The third kappa shape index (κ3) is 2.14. The van der Waals surface area contributed by atoms with Crippen molar-refractivity contribution in [2.24, 2.45) is 0 Å². The van der Waals surface area contributed by atoms with Gasteiger partial charge >= 0.3 is 0 Å². The number of rotatable bonds is 4. The zero-order chi connectivity index (χ0) is 13.3. The van der Waals surface area contributed by atoms with Crippen LogP contribution in [0, 0.1) is 0 Å². The summed E-state index contributed by atoms with van der Waals surface area (Å²) >= 11 is 0. The number of aliphatic hydroxyl groups is 3. The molecule has 4 atom stereocenters. The minimum absolute atomic E-state index is 0.343. The number of hydrogen-bond donors (Lipinski definition) is 3. The molecule has 102 valence electrons. The van der Waals surface area contributed by atoms with Gasteiger partial charge in [-0.2, -0.15) is 5.10 Å². The summed E-state index contributed by atoms with van der Waals surface area (Å²) in [6.07, 6.45) is -3.06. The van der Waals surface area contributed by atoms with Gasteiger partial charge in [-0.25, -0.2) is 4.98 Å². The normalized spacial score (nSPS) is 32.1. The van der Waals surface area contributed by atoms with Crippen LogP contribution >= 0.6 is 0 Å². The van der Waals surface area contributed by atoms with Crippen LogP contribution in [-0.2, 0) is 17.7 Å². The van der Waals surface area contributed by atoms with Crippen molar-refractivity contribution < 1.29 is 20.1 Å². The van der Waals surface area contributed by atoms with E-state index in [4.69, 9.17) is 9.84 Å². The second kappa shape index (κ2) is 5.31. The van der Waals surface area contributed by atoms with Crippen LogP contribution in [0.15, 0.2) is 0 Å². The second-order valence-corrected chi connectivity index (χ2v) is 4.31. The number of aryl methyl sites for hydroxylation is 2. The highest BCUT2D eigenvalue weighted by Crippen LogP contribution is 2.31. The number of aliphatic hydroxyl groups excluding tert-OH is 3. The van der Waals surface area contributed by atoms with Crippen LogP contribution in [0.25, 0.3) is 0 Å². The first-order valence-electron chi connectivity index (χ1n) is 6.18. The Hall–Kier alpha value is -1.02. The molecule has 2 rings (SSSR count). The van der Waals surface area contributed by atoms with Gasteiger partial charge in [-0.05, 0) is 6.92 Å². The molecule has 1 aromatic heterocycles. The van der Waals surface area contributed by atoms with Gasteiger partial charge < -0.3 is 20.1 Å². The second-order valence-electron chi connectivity index (χ2n) is 4.31. The molecule has 0 saturated carbocycles. The number of nitrogens with zero attached hydrogens (tertiary/aromatic N) is 3. The molecule has 7 heteroatoms. The first-order chi connectivity index (χ1) is 8.62. The van der Waals surface area contributed by atoms with Crippen LogP contribution in [-0.4, -0.2) is 55.0 Å². The molecule has 3 N–H and O–H groups in total. The molecule has 0 aliphatic carbocycles. The van der Waals surface area contributed by atoms with Gasteiger partial charge in [0.2, 0.25) is 0 Å². The fraction of sp³-hybridized carbons (Fsp3) is 0.818. The zero-order valence-electron chi connectivity index (χ0n) is 10.5. The highest BCUT2D eigenvalue weighted by molar-refractivity contribution is 5.04. The van der Waals surface area contributed by atoms with Crippen molar-refractivity contribution in [2.45, 2.75) is 51.2 Å². The van der Waals surface area contributed by atoms with Crippen molar-refractivity contribution in [3.05, 3.63) is 11.6 Å². The van der Waals surface area contributed by atoms with Crippen molar-refractivity contribution in [3.63, 3.8) is 0 Å². The van der Waals surface area contributed by atoms with E-state index < -0.39 is 24.4 Å². The van der Waals surface area contributed by atoms with Gasteiger partial charge in [-0.15, -0.1) is 0 Å². The number of aromatic nitrogens is 3. The molecular formula is C11H19N3O4. The molecule has 0 unspecified atom stereocenters. The monoisotopic (exact) mass is 257 g/mol. The maximum absolute atomic E-state index is 9.88. The number of hydrogen-bond acceptors (Lipinski definition) is 6. The van der Waals surface area contributed by atoms with E-state index in [1.165, 1.54) is 0 Å². The van der Waals surface area contributed by atoms with Gasteiger partial charge in [0.1, 0.15) is 30.2 Å². The maximum atomic E-state index is 9.88. The Balaban J connectivity index is 2.24. The molecule has 1 fully saturated rings. The summed E-state index contributed by atoms with van der Waals surface area (Å²) in [4.78, 5) is 4.31. The van der Waals surface area contributed by atoms with Crippen LogP contribution in [0.5, 0.6) is 0 Å². The highest BCUT2D eigenvalue weighted by atomic mass is 16.6. The highest BCUT2D eigenvalue weighted by Gasteiger charge is 2.45. The fourth-order valence-electron chi connectivity index (χ4n) is 2.14. The van der Waals surface area contributed by atoms with E-state index in [9.17, 15) is 10.2 Å². The smallest absolute Gasteiger partial charge is 0.182 e. The van der Waals surface area contributed by atoms with Gasteiger partial charge in [-0.1, -0.05) is 6.92 Å². The van der Waals surface area contributed by atoms with Crippen LogP contribution in [0.2, 0.25) is 0 Å². The van der Waals surface area contributed by atoms with Crippen molar-refractivity contribution in [1.29, 1.82) is 0 Å². The summed E-state index contributed by atoms with van der Waals surface area (Å²) in [7, 11) is 0. The quantitative estimate of drug-likeness (QED) is 0.640. The van der Waals surface area contributed by atoms with E-state index in [1.807, 2.05) is 13.8 Å².